The van der Waals surface area contributed by atoms with Gasteiger partial charge in [0.1, 0.15) is 6.61 Å². The van der Waals surface area contributed by atoms with Crippen molar-refractivity contribution in [3.8, 4) is 0 Å². The van der Waals surface area contributed by atoms with Crippen LogP contribution in [0, 0.1) is 18.3 Å². The van der Waals surface area contributed by atoms with E-state index in [0.29, 0.717) is 12.2 Å². The van der Waals surface area contributed by atoms with Crippen molar-refractivity contribution in [2.75, 3.05) is 13.2 Å². The van der Waals surface area contributed by atoms with Gasteiger partial charge in [-0.15, -0.1) is 0 Å². The molecule has 2 rings (SSSR count). The van der Waals surface area contributed by atoms with Crippen LogP contribution in [0.3, 0.4) is 0 Å². The topological polar surface area (TPSA) is 108 Å². The van der Waals surface area contributed by atoms with Crippen LogP contribution in [0.25, 0.3) is 0 Å². The maximum atomic E-state index is 11.4. The van der Waals surface area contributed by atoms with Gasteiger partial charge < -0.3 is 43.9 Å². The van der Waals surface area contributed by atoms with Gasteiger partial charge in [0, 0.05) is 22.0 Å². The smallest absolute Gasteiger partial charge is 1.00 e. The maximum absolute atomic E-state index is 11.4. The first-order valence-electron chi connectivity index (χ1n) is 9.27. The van der Waals surface area contributed by atoms with Crippen molar-refractivity contribution in [1.82, 2.24) is 0 Å². The Bertz CT molecular complexity index is 699. The van der Waals surface area contributed by atoms with Crippen molar-refractivity contribution in [3.63, 3.8) is 0 Å². The number of ether oxygens (including phenoxy) is 4. The van der Waals surface area contributed by atoms with Gasteiger partial charge in [-0.25, -0.2) is 14.4 Å². The summed E-state index contributed by atoms with van der Waals surface area (Å²) >= 11 is 0. The molecule has 0 bridgehead atoms. The van der Waals surface area contributed by atoms with Crippen molar-refractivity contribution in [2.24, 2.45) is 10.8 Å². The number of cyclic esters (lactones) is 1. The molecule has 2 saturated heterocycles. The van der Waals surface area contributed by atoms with Gasteiger partial charge in [-0.1, -0.05) is 40.9 Å². The standard InChI is InChI=1S/C11H18O4.C10H14O4.CH3.ClH.Mg/c1-7(2)8(12)15-9-10(3,4)6-14-11(9,5)13;1-6(2)8(11)14-7-9(12)13-5-10(7,3)4;;;/h9,13H,1,6H2,2-5H3;7H,1,5H2,2-4H3;1H3;1H;/q;;-1;;+2/p-1. The molecule has 10 heteroatoms. The Balaban J connectivity index is -0.000000481. The zero-order valence-corrected chi connectivity index (χ0v) is 22.5. The van der Waals surface area contributed by atoms with E-state index in [-0.39, 0.29) is 55.1 Å². The van der Waals surface area contributed by atoms with Crippen molar-refractivity contribution in [1.29, 1.82) is 0 Å². The van der Waals surface area contributed by atoms with E-state index < -0.39 is 46.7 Å². The van der Waals surface area contributed by atoms with Crippen molar-refractivity contribution >= 4 is 41.0 Å². The first-order valence-corrected chi connectivity index (χ1v) is 9.27. The Labute approximate surface area is 213 Å². The Morgan fingerprint density at radius 3 is 1.72 bits per heavy atom. The average molecular weight is 487 g/mol. The third-order valence-corrected chi connectivity index (χ3v) is 4.59. The first kappa shape index (κ1) is 35.5. The fourth-order valence-corrected chi connectivity index (χ4v) is 2.83. The average Bonchev–Trinajstić information content (AvgIpc) is 2.95. The molecule has 0 aromatic heterocycles. The van der Waals surface area contributed by atoms with Gasteiger partial charge in [0.25, 0.3) is 0 Å². The SMILES string of the molecule is C=C(C)C(=O)OC1C(=O)OCC1(C)C.C=C(C)C(=O)OC1C(C)(C)COC1(C)O.[CH3-].[Cl-].[Mg+2]. The van der Waals surface area contributed by atoms with Crippen LogP contribution in [0.2, 0.25) is 0 Å². The number of carbonyl (C=O) groups is 3. The number of esters is 3. The number of hydrogen-bond donors (Lipinski definition) is 1. The van der Waals surface area contributed by atoms with Gasteiger partial charge >= 0.3 is 41.0 Å². The summed E-state index contributed by atoms with van der Waals surface area (Å²) in [6, 6.07) is 0. The van der Waals surface area contributed by atoms with Gasteiger partial charge in [-0.2, -0.15) is 0 Å². The zero-order valence-electron chi connectivity index (χ0n) is 20.4. The molecule has 0 saturated carbocycles. The fourth-order valence-electron chi connectivity index (χ4n) is 2.83. The van der Waals surface area contributed by atoms with E-state index in [2.05, 4.69) is 13.2 Å². The van der Waals surface area contributed by atoms with E-state index in [0.717, 1.165) is 0 Å². The van der Waals surface area contributed by atoms with E-state index >= 15 is 0 Å². The number of aliphatic hydroxyl groups is 1. The summed E-state index contributed by atoms with van der Waals surface area (Å²) in [5.74, 6) is -2.96. The summed E-state index contributed by atoms with van der Waals surface area (Å²) in [7, 11) is 0. The molecule has 0 radical (unpaired) electrons. The summed E-state index contributed by atoms with van der Waals surface area (Å²) in [4.78, 5) is 33.8. The quantitative estimate of drug-likeness (QED) is 0.184. The van der Waals surface area contributed by atoms with Crippen LogP contribution >= 0.6 is 0 Å². The van der Waals surface area contributed by atoms with E-state index in [1.165, 1.54) is 13.8 Å². The number of hydrogen-bond acceptors (Lipinski definition) is 8. The minimum absolute atomic E-state index is 0. The van der Waals surface area contributed by atoms with Crippen LogP contribution in [0.1, 0.15) is 48.5 Å². The number of rotatable bonds is 4. The molecule has 0 aromatic carbocycles. The predicted octanol–water partition coefficient (Wildman–Crippen LogP) is -0.630. The summed E-state index contributed by atoms with van der Waals surface area (Å²) in [5.41, 5.74) is -0.259. The first-order chi connectivity index (χ1) is 13.0. The summed E-state index contributed by atoms with van der Waals surface area (Å²) < 4.78 is 20.2. The molecule has 2 heterocycles. The van der Waals surface area contributed by atoms with E-state index in [4.69, 9.17) is 18.9 Å². The van der Waals surface area contributed by atoms with Crippen molar-refractivity contribution in [3.05, 3.63) is 31.7 Å². The molecule has 32 heavy (non-hydrogen) atoms. The Kier molecular flexibility index (Phi) is 14.3. The van der Waals surface area contributed by atoms with Gasteiger partial charge in [0.05, 0.1) is 6.61 Å². The minimum atomic E-state index is -1.42. The molecule has 2 fully saturated rings. The van der Waals surface area contributed by atoms with Crippen LogP contribution < -0.4 is 12.4 Å². The Hall–Kier alpha value is -1.13. The second-order valence-electron chi connectivity index (χ2n) is 9.06. The minimum Gasteiger partial charge on any atom is -1.00 e. The Morgan fingerprint density at radius 1 is 0.969 bits per heavy atom. The molecule has 1 N–H and O–H groups in total. The molecular formula is C22H35ClMgO8. The van der Waals surface area contributed by atoms with E-state index in [9.17, 15) is 19.5 Å². The molecule has 0 aromatic rings. The van der Waals surface area contributed by atoms with Crippen LogP contribution in [0.5, 0.6) is 0 Å². The van der Waals surface area contributed by atoms with Gasteiger partial charge in [0.15, 0.2) is 6.10 Å². The molecule has 3 atom stereocenters. The van der Waals surface area contributed by atoms with Crippen LogP contribution in [0.15, 0.2) is 24.3 Å². The maximum Gasteiger partial charge on any atom is 2.00 e. The van der Waals surface area contributed by atoms with Crippen LogP contribution in [-0.2, 0) is 33.3 Å². The Morgan fingerprint density at radius 2 is 1.41 bits per heavy atom. The molecule has 180 valence electrons. The normalized spacial score (nSPS) is 26.4. The summed E-state index contributed by atoms with van der Waals surface area (Å²) in [6.07, 6.45) is -1.49. The summed E-state index contributed by atoms with van der Waals surface area (Å²) in [5, 5.41) is 9.89. The van der Waals surface area contributed by atoms with Gasteiger partial charge in [-0.3, -0.25) is 0 Å². The molecule has 8 nitrogen and oxygen atoms in total. The molecule has 3 unspecified atom stereocenters. The third-order valence-electron chi connectivity index (χ3n) is 4.59. The van der Waals surface area contributed by atoms with E-state index in [1.807, 2.05) is 27.7 Å². The molecule has 2 aliphatic rings. The summed E-state index contributed by atoms with van der Waals surface area (Å²) in [6.45, 7) is 19.6. The number of carbonyl (C=O) groups excluding carboxylic acids is 3. The van der Waals surface area contributed by atoms with Crippen molar-refractivity contribution in [2.45, 2.75) is 66.5 Å². The zero-order chi connectivity index (χ0) is 22.8. The largest absolute Gasteiger partial charge is 2.00 e. The second-order valence-corrected chi connectivity index (χ2v) is 9.06. The van der Waals surface area contributed by atoms with Crippen LogP contribution in [-0.4, -0.2) is 77.3 Å². The molecular weight excluding hydrogens is 452 g/mol. The second kappa shape index (κ2) is 12.9. The molecule has 0 spiro atoms. The molecule has 0 amide bonds. The van der Waals surface area contributed by atoms with E-state index in [1.54, 1.807) is 6.92 Å². The number of halogens is 1. The van der Waals surface area contributed by atoms with Gasteiger partial charge in [0.2, 0.25) is 11.9 Å². The van der Waals surface area contributed by atoms with Crippen LogP contribution in [0.4, 0.5) is 0 Å². The predicted molar refractivity (Wildman–Crippen MR) is 117 cm³/mol. The molecule has 2 aliphatic heterocycles. The molecule has 0 aliphatic carbocycles. The van der Waals surface area contributed by atoms with Crippen molar-refractivity contribution < 1.29 is 50.8 Å². The third kappa shape index (κ3) is 9.01. The fraction of sp³-hybridized carbons (Fsp3) is 0.636. The van der Waals surface area contributed by atoms with Gasteiger partial charge in [-0.05, 0) is 20.8 Å². The monoisotopic (exact) mass is 486 g/mol.